The SMILES string of the molecule is CCc1ccc(N(CC(=O)N(Cc2ccc(Cl)cc2)C(Cc2ccccc2)C(=O)NC(C)CC)S(C)(=O)=O)cc1. The molecule has 1 N–H and O–H groups in total. The van der Waals surface area contributed by atoms with Gasteiger partial charge in [-0.15, -0.1) is 0 Å². The van der Waals surface area contributed by atoms with Crippen LogP contribution in [0.4, 0.5) is 5.69 Å². The minimum atomic E-state index is -3.80. The van der Waals surface area contributed by atoms with Crippen LogP contribution in [0, 0.1) is 0 Å². The predicted octanol–water partition coefficient (Wildman–Crippen LogP) is 5.22. The summed E-state index contributed by atoms with van der Waals surface area (Å²) in [5.41, 5.74) is 3.10. The molecule has 0 spiro atoms. The molecule has 0 aliphatic carbocycles. The molecule has 0 bridgehead atoms. The molecule has 0 saturated heterocycles. The van der Waals surface area contributed by atoms with Crippen LogP contribution in [0.2, 0.25) is 5.02 Å². The third kappa shape index (κ3) is 8.83. The number of amides is 2. The zero-order chi connectivity index (χ0) is 29.3. The molecule has 0 aromatic heterocycles. The van der Waals surface area contributed by atoms with E-state index in [4.69, 9.17) is 11.6 Å². The maximum Gasteiger partial charge on any atom is 0.244 e. The molecule has 0 radical (unpaired) electrons. The van der Waals surface area contributed by atoms with Gasteiger partial charge >= 0.3 is 0 Å². The van der Waals surface area contributed by atoms with Gasteiger partial charge in [0.2, 0.25) is 21.8 Å². The standard InChI is InChI=1S/C31H38ClN3O4S/c1-5-23(3)33-31(37)29(20-25-10-8-7-9-11-25)34(21-26-12-16-27(32)17-13-26)30(36)22-35(40(4,38)39)28-18-14-24(6-2)15-19-28/h7-19,23,29H,5-6,20-22H2,1-4H3,(H,33,37). The van der Waals surface area contributed by atoms with Crippen LogP contribution in [0.3, 0.4) is 0 Å². The number of nitrogens with zero attached hydrogens (tertiary/aromatic N) is 2. The summed E-state index contributed by atoms with van der Waals surface area (Å²) in [4.78, 5) is 29.2. The molecule has 0 aliphatic heterocycles. The van der Waals surface area contributed by atoms with Gasteiger partial charge in [0.15, 0.2) is 0 Å². The lowest BCUT2D eigenvalue weighted by Crippen LogP contribution is -2.54. The first kappa shape index (κ1) is 31.2. The summed E-state index contributed by atoms with van der Waals surface area (Å²) in [6, 6.07) is 22.7. The van der Waals surface area contributed by atoms with Gasteiger partial charge in [-0.25, -0.2) is 8.42 Å². The second-order valence-corrected chi connectivity index (χ2v) is 12.3. The Kier molecular flexibility index (Phi) is 11.2. The summed E-state index contributed by atoms with van der Waals surface area (Å²) in [6.07, 6.45) is 2.88. The molecule has 9 heteroatoms. The van der Waals surface area contributed by atoms with Gasteiger partial charge in [-0.3, -0.25) is 13.9 Å². The molecule has 0 fully saturated rings. The van der Waals surface area contributed by atoms with E-state index in [1.165, 1.54) is 4.90 Å². The molecular weight excluding hydrogens is 546 g/mol. The largest absolute Gasteiger partial charge is 0.352 e. The van der Waals surface area contributed by atoms with E-state index in [2.05, 4.69) is 5.32 Å². The molecule has 2 unspecified atom stereocenters. The van der Waals surface area contributed by atoms with E-state index < -0.39 is 28.5 Å². The maximum atomic E-state index is 14.1. The summed E-state index contributed by atoms with van der Waals surface area (Å²) in [5.74, 6) is -0.779. The molecule has 7 nitrogen and oxygen atoms in total. The predicted molar refractivity (Wildman–Crippen MR) is 162 cm³/mol. The molecule has 0 heterocycles. The van der Waals surface area contributed by atoms with Crippen molar-refractivity contribution in [3.05, 3.63) is 101 Å². The Morgan fingerprint density at radius 2 is 1.48 bits per heavy atom. The van der Waals surface area contributed by atoms with Crippen molar-refractivity contribution in [3.8, 4) is 0 Å². The molecule has 214 valence electrons. The van der Waals surface area contributed by atoms with Crippen molar-refractivity contribution in [1.82, 2.24) is 10.2 Å². The molecule has 0 saturated carbocycles. The highest BCUT2D eigenvalue weighted by Crippen LogP contribution is 2.22. The van der Waals surface area contributed by atoms with E-state index in [1.807, 2.05) is 63.2 Å². The Morgan fingerprint density at radius 3 is 2.02 bits per heavy atom. The lowest BCUT2D eigenvalue weighted by molar-refractivity contribution is -0.140. The van der Waals surface area contributed by atoms with Crippen molar-refractivity contribution in [2.45, 2.75) is 58.7 Å². The lowest BCUT2D eigenvalue weighted by atomic mass is 10.0. The Labute approximate surface area is 243 Å². The minimum absolute atomic E-state index is 0.0946. The maximum absolute atomic E-state index is 14.1. The second-order valence-electron chi connectivity index (χ2n) is 9.96. The molecule has 2 amide bonds. The Hall–Kier alpha value is -3.36. The number of halogens is 1. The molecule has 2 atom stereocenters. The number of anilines is 1. The van der Waals surface area contributed by atoms with E-state index in [-0.39, 0.29) is 24.9 Å². The van der Waals surface area contributed by atoms with Crippen molar-refractivity contribution in [2.75, 3.05) is 17.1 Å². The van der Waals surface area contributed by atoms with Crippen LogP contribution in [0.5, 0.6) is 0 Å². The summed E-state index contributed by atoms with van der Waals surface area (Å²) in [5, 5.41) is 3.57. The average molecular weight is 584 g/mol. The van der Waals surface area contributed by atoms with Gasteiger partial charge in [0.1, 0.15) is 12.6 Å². The number of rotatable bonds is 13. The van der Waals surface area contributed by atoms with E-state index in [0.717, 1.165) is 40.1 Å². The number of sulfonamides is 1. The van der Waals surface area contributed by atoms with Gasteiger partial charge in [0.25, 0.3) is 0 Å². The minimum Gasteiger partial charge on any atom is -0.352 e. The zero-order valence-corrected chi connectivity index (χ0v) is 25.1. The fourth-order valence-corrected chi connectivity index (χ4v) is 5.27. The van der Waals surface area contributed by atoms with Crippen LogP contribution in [0.1, 0.15) is 43.9 Å². The number of hydrogen-bond donors (Lipinski definition) is 1. The number of benzene rings is 3. The first-order valence-corrected chi connectivity index (χ1v) is 15.7. The molecule has 3 aromatic rings. The van der Waals surface area contributed by atoms with Crippen LogP contribution >= 0.6 is 11.6 Å². The average Bonchev–Trinajstić information content (AvgIpc) is 2.94. The molecule has 3 aromatic carbocycles. The van der Waals surface area contributed by atoms with E-state index in [0.29, 0.717) is 10.7 Å². The first-order chi connectivity index (χ1) is 19.0. The van der Waals surface area contributed by atoms with Crippen molar-refractivity contribution in [3.63, 3.8) is 0 Å². The fraction of sp³-hybridized carbons (Fsp3) is 0.355. The van der Waals surface area contributed by atoms with Gasteiger partial charge in [-0.1, -0.05) is 80.0 Å². The molecule has 0 aliphatic rings. The van der Waals surface area contributed by atoms with Crippen LogP contribution in [-0.4, -0.2) is 50.0 Å². The van der Waals surface area contributed by atoms with Gasteiger partial charge in [-0.2, -0.15) is 0 Å². The zero-order valence-electron chi connectivity index (χ0n) is 23.5. The van der Waals surface area contributed by atoms with Gasteiger partial charge in [-0.05, 0) is 60.7 Å². The van der Waals surface area contributed by atoms with Crippen LogP contribution in [0.15, 0.2) is 78.9 Å². The van der Waals surface area contributed by atoms with Gasteiger partial charge in [0.05, 0.1) is 11.9 Å². The highest BCUT2D eigenvalue weighted by molar-refractivity contribution is 7.92. The van der Waals surface area contributed by atoms with Gasteiger partial charge in [0, 0.05) is 24.0 Å². The van der Waals surface area contributed by atoms with Crippen molar-refractivity contribution in [1.29, 1.82) is 0 Å². The first-order valence-electron chi connectivity index (χ1n) is 13.5. The van der Waals surface area contributed by atoms with Crippen LogP contribution in [-0.2, 0) is 39.0 Å². The van der Waals surface area contributed by atoms with Crippen LogP contribution < -0.4 is 9.62 Å². The summed E-state index contributed by atoms with van der Waals surface area (Å²) in [7, 11) is -3.80. The van der Waals surface area contributed by atoms with Gasteiger partial charge < -0.3 is 10.2 Å². The smallest absolute Gasteiger partial charge is 0.244 e. The monoisotopic (exact) mass is 583 g/mol. The number of aryl methyl sites for hydroxylation is 1. The highest BCUT2D eigenvalue weighted by atomic mass is 35.5. The Morgan fingerprint density at radius 1 is 0.875 bits per heavy atom. The molecule has 40 heavy (non-hydrogen) atoms. The summed E-state index contributed by atoms with van der Waals surface area (Å²) in [6.45, 7) is 5.56. The Bertz CT molecular complexity index is 1360. The van der Waals surface area contributed by atoms with Crippen molar-refractivity contribution >= 4 is 39.1 Å². The topological polar surface area (TPSA) is 86.8 Å². The highest BCUT2D eigenvalue weighted by Gasteiger charge is 2.33. The number of carbonyl (C=O) groups is 2. The normalized spacial score (nSPS) is 12.8. The summed E-state index contributed by atoms with van der Waals surface area (Å²) < 4.78 is 26.9. The van der Waals surface area contributed by atoms with E-state index >= 15 is 0 Å². The number of hydrogen-bond acceptors (Lipinski definition) is 4. The Balaban J connectivity index is 2.04. The number of nitrogens with one attached hydrogen (secondary N) is 1. The molecule has 3 rings (SSSR count). The van der Waals surface area contributed by atoms with Crippen molar-refractivity contribution in [2.24, 2.45) is 0 Å². The van der Waals surface area contributed by atoms with Crippen molar-refractivity contribution < 1.29 is 18.0 Å². The quantitative estimate of drug-likeness (QED) is 0.299. The summed E-state index contributed by atoms with van der Waals surface area (Å²) >= 11 is 6.09. The lowest BCUT2D eigenvalue weighted by Gasteiger charge is -2.34. The fourth-order valence-electron chi connectivity index (χ4n) is 4.29. The van der Waals surface area contributed by atoms with E-state index in [9.17, 15) is 18.0 Å². The molecular formula is C31H38ClN3O4S. The third-order valence-corrected chi connectivity index (χ3v) is 8.24. The van der Waals surface area contributed by atoms with E-state index in [1.54, 1.807) is 36.4 Å². The second kappa shape index (κ2) is 14.3. The third-order valence-electron chi connectivity index (χ3n) is 6.85. The van der Waals surface area contributed by atoms with Crippen LogP contribution in [0.25, 0.3) is 0 Å². The number of carbonyl (C=O) groups excluding carboxylic acids is 2.